The van der Waals surface area contributed by atoms with Crippen LogP contribution in [0.15, 0.2) is 32.3 Å². The summed E-state index contributed by atoms with van der Waals surface area (Å²) in [5.74, 6) is 0.236. The maximum absolute atomic E-state index is 13.5. The van der Waals surface area contributed by atoms with E-state index in [0.29, 0.717) is 42.5 Å². The molecule has 1 aromatic carbocycles. The van der Waals surface area contributed by atoms with Crippen molar-refractivity contribution >= 4 is 21.1 Å². The first-order chi connectivity index (χ1) is 14.0. The highest BCUT2D eigenvalue weighted by Gasteiger charge is 2.48. The molecule has 3 aliphatic heterocycles. The molecular formula is C21H29N3O4S. The summed E-state index contributed by atoms with van der Waals surface area (Å²) in [7, 11) is -3.62. The number of fused-ring (bicyclic) bond motifs is 5. The van der Waals surface area contributed by atoms with Crippen LogP contribution in [0.3, 0.4) is 0 Å². The Morgan fingerprint density at radius 2 is 2.03 bits per heavy atom. The Hall–Kier alpha value is -1.64. The third-order valence-electron chi connectivity index (χ3n) is 7.20. The van der Waals surface area contributed by atoms with Crippen LogP contribution in [0.4, 0.5) is 0 Å². The highest BCUT2D eigenvalue weighted by atomic mass is 32.2. The largest absolute Gasteiger partial charge is 0.417 e. The normalized spacial score (nSPS) is 31.1. The molecule has 4 heterocycles. The lowest BCUT2D eigenvalue weighted by molar-refractivity contribution is -0.0581. The van der Waals surface area contributed by atoms with Gasteiger partial charge in [0.15, 0.2) is 5.58 Å². The smallest absolute Gasteiger partial charge is 0.408 e. The van der Waals surface area contributed by atoms with Crippen molar-refractivity contribution in [1.29, 1.82) is 0 Å². The van der Waals surface area contributed by atoms with Crippen molar-refractivity contribution in [2.75, 3.05) is 19.6 Å². The molecule has 3 aliphatic rings. The number of aromatic nitrogens is 1. The number of benzene rings is 1. The van der Waals surface area contributed by atoms with E-state index in [0.717, 1.165) is 25.8 Å². The maximum Gasteiger partial charge on any atom is 0.417 e. The number of nitrogens with zero attached hydrogens (tertiary/aromatic N) is 2. The van der Waals surface area contributed by atoms with Crippen LogP contribution in [0.2, 0.25) is 0 Å². The van der Waals surface area contributed by atoms with Crippen molar-refractivity contribution in [1.82, 2.24) is 14.2 Å². The minimum Gasteiger partial charge on any atom is -0.408 e. The molecule has 0 saturated carbocycles. The Morgan fingerprint density at radius 3 is 2.86 bits per heavy atom. The lowest BCUT2D eigenvalue weighted by Gasteiger charge is -2.56. The highest BCUT2D eigenvalue weighted by Crippen LogP contribution is 2.43. The average Bonchev–Trinajstić information content (AvgIpc) is 3.10. The van der Waals surface area contributed by atoms with E-state index >= 15 is 0 Å². The number of hydrogen-bond acceptors (Lipinski definition) is 5. The van der Waals surface area contributed by atoms with Crippen LogP contribution in [-0.4, -0.2) is 54.3 Å². The van der Waals surface area contributed by atoms with E-state index in [4.69, 9.17) is 4.42 Å². The molecule has 3 saturated heterocycles. The molecule has 1 aromatic heterocycles. The van der Waals surface area contributed by atoms with Crippen molar-refractivity contribution < 1.29 is 12.8 Å². The summed E-state index contributed by atoms with van der Waals surface area (Å²) in [5.41, 5.74) is 0.806. The van der Waals surface area contributed by atoms with E-state index in [9.17, 15) is 13.2 Å². The van der Waals surface area contributed by atoms with Gasteiger partial charge in [0.05, 0.1) is 10.4 Å². The lowest BCUT2D eigenvalue weighted by atomic mass is 9.72. The van der Waals surface area contributed by atoms with Gasteiger partial charge in [-0.1, -0.05) is 19.8 Å². The maximum atomic E-state index is 13.5. The van der Waals surface area contributed by atoms with E-state index in [1.807, 2.05) is 0 Å². The van der Waals surface area contributed by atoms with Gasteiger partial charge in [-0.05, 0) is 56.2 Å². The first-order valence-electron chi connectivity index (χ1n) is 10.9. The van der Waals surface area contributed by atoms with Gasteiger partial charge in [0, 0.05) is 31.2 Å². The second-order valence-electron chi connectivity index (χ2n) is 8.91. The molecule has 158 valence electrons. The van der Waals surface area contributed by atoms with Gasteiger partial charge in [-0.2, -0.15) is 4.31 Å². The number of nitrogens with one attached hydrogen (secondary N) is 1. The summed E-state index contributed by atoms with van der Waals surface area (Å²) in [4.78, 5) is 16.9. The molecular weight excluding hydrogens is 390 g/mol. The van der Waals surface area contributed by atoms with E-state index in [2.05, 4.69) is 16.8 Å². The summed E-state index contributed by atoms with van der Waals surface area (Å²) in [6.45, 7) is 4.57. The quantitative estimate of drug-likeness (QED) is 0.824. The monoisotopic (exact) mass is 419 g/mol. The van der Waals surface area contributed by atoms with Crippen molar-refractivity contribution in [3.63, 3.8) is 0 Å². The molecule has 0 aliphatic carbocycles. The molecule has 2 aromatic rings. The molecule has 0 radical (unpaired) electrons. The van der Waals surface area contributed by atoms with Crippen molar-refractivity contribution in [3.8, 4) is 0 Å². The fourth-order valence-electron chi connectivity index (χ4n) is 5.99. The topological polar surface area (TPSA) is 86.6 Å². The molecule has 29 heavy (non-hydrogen) atoms. The average molecular weight is 420 g/mol. The number of sulfonamides is 1. The van der Waals surface area contributed by atoms with Crippen molar-refractivity contribution in [2.45, 2.75) is 62.4 Å². The summed E-state index contributed by atoms with van der Waals surface area (Å²) in [5, 5.41) is 0. The van der Waals surface area contributed by atoms with Crippen LogP contribution in [0.25, 0.3) is 11.1 Å². The van der Waals surface area contributed by atoms with Gasteiger partial charge < -0.3 is 4.42 Å². The van der Waals surface area contributed by atoms with Crippen LogP contribution in [0.1, 0.15) is 45.4 Å². The van der Waals surface area contributed by atoms with Crippen LogP contribution in [0, 0.1) is 11.8 Å². The zero-order valence-electron chi connectivity index (χ0n) is 16.8. The molecule has 0 spiro atoms. The highest BCUT2D eigenvalue weighted by molar-refractivity contribution is 7.89. The van der Waals surface area contributed by atoms with Crippen LogP contribution >= 0.6 is 0 Å². The fraction of sp³-hybridized carbons (Fsp3) is 0.667. The Kier molecular flexibility index (Phi) is 4.83. The molecule has 0 amide bonds. The summed E-state index contributed by atoms with van der Waals surface area (Å²) in [6, 6.07) is 5.66. The predicted molar refractivity (Wildman–Crippen MR) is 110 cm³/mol. The van der Waals surface area contributed by atoms with Gasteiger partial charge in [-0.15, -0.1) is 0 Å². The fourth-order valence-corrected chi connectivity index (χ4v) is 7.56. The SMILES string of the molecule is CCC[C@H]1[C@H]2C[C@H](CN(S(=O)(=O)c3ccc4[nH]c(=O)oc4c3)C2)[C@@H]2CCCCN21. The van der Waals surface area contributed by atoms with E-state index in [1.54, 1.807) is 16.4 Å². The van der Waals surface area contributed by atoms with Crippen molar-refractivity contribution in [2.24, 2.45) is 11.8 Å². The first kappa shape index (κ1) is 19.3. The molecule has 7 nitrogen and oxygen atoms in total. The Labute approximate surface area is 171 Å². The standard InChI is InChI=1S/C21H29N3O4S/c1-2-5-18-14-10-15(19-6-3-4-9-24(18)19)13-23(12-14)29(26,27)16-7-8-17-20(11-16)28-21(25)22-17/h7-8,11,14-15,18-19H,2-6,9-10,12-13H2,1H3,(H,22,25)/t14-,15+,18-,19-/m0/s1. The molecule has 0 unspecified atom stereocenters. The number of rotatable bonds is 4. The number of piperidine rings is 3. The van der Waals surface area contributed by atoms with Gasteiger partial charge in [-0.3, -0.25) is 9.88 Å². The van der Waals surface area contributed by atoms with E-state index in [-0.39, 0.29) is 10.5 Å². The van der Waals surface area contributed by atoms with Crippen molar-refractivity contribution in [3.05, 3.63) is 28.7 Å². The second kappa shape index (κ2) is 7.25. The van der Waals surface area contributed by atoms with E-state index in [1.165, 1.54) is 25.3 Å². The van der Waals surface area contributed by atoms with Crippen LogP contribution in [0.5, 0.6) is 0 Å². The third kappa shape index (κ3) is 3.25. The molecule has 8 heteroatoms. The molecule has 1 N–H and O–H groups in total. The Morgan fingerprint density at radius 1 is 1.21 bits per heavy atom. The third-order valence-corrected chi connectivity index (χ3v) is 9.03. The number of aromatic amines is 1. The van der Waals surface area contributed by atoms with E-state index < -0.39 is 15.8 Å². The second-order valence-corrected chi connectivity index (χ2v) is 10.8. The summed E-state index contributed by atoms with van der Waals surface area (Å²) >= 11 is 0. The number of oxazole rings is 1. The van der Waals surface area contributed by atoms with Gasteiger partial charge in [0.1, 0.15) is 0 Å². The summed E-state index contributed by atoms with van der Waals surface area (Å²) in [6.07, 6.45) is 7.11. The van der Waals surface area contributed by atoms with Gasteiger partial charge >= 0.3 is 5.76 Å². The van der Waals surface area contributed by atoms with Gasteiger partial charge in [-0.25, -0.2) is 13.2 Å². The minimum absolute atomic E-state index is 0.209. The van der Waals surface area contributed by atoms with Crippen LogP contribution in [-0.2, 0) is 10.0 Å². The summed E-state index contributed by atoms with van der Waals surface area (Å²) < 4.78 is 33.7. The zero-order valence-corrected chi connectivity index (χ0v) is 17.7. The number of H-pyrrole nitrogens is 1. The molecule has 4 atom stereocenters. The lowest BCUT2D eigenvalue weighted by Crippen LogP contribution is -2.64. The Bertz CT molecular complexity index is 1060. The first-order valence-corrected chi connectivity index (χ1v) is 12.3. The predicted octanol–water partition coefficient (Wildman–Crippen LogP) is 2.78. The molecule has 2 bridgehead atoms. The minimum atomic E-state index is -3.62. The number of hydrogen-bond donors (Lipinski definition) is 1. The van der Waals surface area contributed by atoms with Gasteiger partial charge in [0.2, 0.25) is 10.0 Å². The van der Waals surface area contributed by atoms with Gasteiger partial charge in [0.25, 0.3) is 0 Å². The Balaban J connectivity index is 1.47. The van der Waals surface area contributed by atoms with Crippen LogP contribution < -0.4 is 5.76 Å². The zero-order chi connectivity index (χ0) is 20.2. The molecule has 5 rings (SSSR count). The molecule has 3 fully saturated rings.